The molecular formula is C29H34F3N3O9S. The number of nitrogens with one attached hydrogen (secondary N) is 1. The van der Waals surface area contributed by atoms with E-state index >= 15 is 0 Å². The van der Waals surface area contributed by atoms with E-state index in [0.29, 0.717) is 5.75 Å². The third-order valence-electron chi connectivity index (χ3n) is 7.83. The van der Waals surface area contributed by atoms with Crippen LogP contribution in [0.4, 0.5) is 13.2 Å². The van der Waals surface area contributed by atoms with Gasteiger partial charge in [-0.2, -0.15) is 17.5 Å². The molecule has 2 heterocycles. The number of nitrogens with zero attached hydrogens (tertiary/aromatic N) is 2. The Kier molecular flexibility index (Phi) is 11.0. The van der Waals surface area contributed by atoms with Gasteiger partial charge in [0, 0.05) is 19.1 Å². The van der Waals surface area contributed by atoms with Crippen LogP contribution in [0, 0.1) is 11.8 Å². The van der Waals surface area contributed by atoms with Crippen LogP contribution in [-0.4, -0.2) is 91.5 Å². The SMILES string of the molecule is CCN(C[C@H]1N[C@@](CC)(C(=O)OC)[C@H]2C(=O)N(Cc3ccccc3)C(=O)[C@@H]12)S(=O)(=O)c1ccc(OC)cc1.O=C(O)C(F)(F)F. The monoisotopic (exact) mass is 657 g/mol. The van der Waals surface area contributed by atoms with Crippen molar-refractivity contribution in [3.63, 3.8) is 0 Å². The smallest absolute Gasteiger partial charge is 0.490 e. The van der Waals surface area contributed by atoms with Gasteiger partial charge in [-0.1, -0.05) is 44.2 Å². The molecule has 12 nitrogen and oxygen atoms in total. The number of imide groups is 1. The van der Waals surface area contributed by atoms with Crippen molar-refractivity contribution in [2.45, 2.75) is 49.5 Å². The van der Waals surface area contributed by atoms with Crippen molar-refractivity contribution in [2.24, 2.45) is 11.8 Å². The molecule has 246 valence electrons. The number of aliphatic carboxylic acids is 1. The summed E-state index contributed by atoms with van der Waals surface area (Å²) in [7, 11) is -1.22. The number of alkyl halides is 3. The summed E-state index contributed by atoms with van der Waals surface area (Å²) in [6, 6.07) is 14.4. The number of fused-ring (bicyclic) bond motifs is 1. The molecule has 16 heteroatoms. The summed E-state index contributed by atoms with van der Waals surface area (Å²) in [6.45, 7) is 3.53. The second kappa shape index (κ2) is 14.0. The minimum absolute atomic E-state index is 0.0703. The number of carboxylic acids is 1. The number of ether oxygens (including phenoxy) is 2. The number of rotatable bonds is 10. The van der Waals surface area contributed by atoms with Crippen molar-refractivity contribution in [3.8, 4) is 5.75 Å². The van der Waals surface area contributed by atoms with E-state index < -0.39 is 63.4 Å². The molecule has 2 N–H and O–H groups in total. The lowest BCUT2D eigenvalue weighted by atomic mass is 9.78. The summed E-state index contributed by atoms with van der Waals surface area (Å²) >= 11 is 0. The van der Waals surface area contributed by atoms with Crippen LogP contribution < -0.4 is 10.1 Å². The normalized spacial score (nSPS) is 22.9. The Hall–Kier alpha value is -4.02. The van der Waals surface area contributed by atoms with Gasteiger partial charge < -0.3 is 14.6 Å². The minimum atomic E-state index is -5.08. The fourth-order valence-corrected chi connectivity index (χ4v) is 7.09. The lowest BCUT2D eigenvalue weighted by Crippen LogP contribution is -2.58. The van der Waals surface area contributed by atoms with E-state index in [-0.39, 0.29) is 31.0 Å². The van der Waals surface area contributed by atoms with Crippen LogP contribution in [0.2, 0.25) is 0 Å². The molecule has 2 saturated heterocycles. The van der Waals surface area contributed by atoms with Crippen molar-refractivity contribution < 1.29 is 55.3 Å². The highest BCUT2D eigenvalue weighted by Gasteiger charge is 2.68. The molecule has 0 saturated carbocycles. The Morgan fingerprint density at radius 3 is 2.07 bits per heavy atom. The van der Waals surface area contributed by atoms with Crippen LogP contribution in [0.3, 0.4) is 0 Å². The molecule has 2 aromatic rings. The predicted octanol–water partition coefficient (Wildman–Crippen LogP) is 2.43. The first kappa shape index (κ1) is 35.5. The largest absolute Gasteiger partial charge is 0.497 e. The van der Waals surface area contributed by atoms with Gasteiger partial charge in [0.05, 0.1) is 37.5 Å². The summed E-state index contributed by atoms with van der Waals surface area (Å²) in [5.41, 5.74) is -0.679. The Balaban J connectivity index is 0.000000707. The van der Waals surface area contributed by atoms with Gasteiger partial charge in [-0.05, 0) is 36.2 Å². The van der Waals surface area contributed by atoms with E-state index in [4.69, 9.17) is 19.4 Å². The van der Waals surface area contributed by atoms with Crippen molar-refractivity contribution >= 4 is 33.8 Å². The maximum atomic E-state index is 13.7. The van der Waals surface area contributed by atoms with Crippen LogP contribution in [0.25, 0.3) is 0 Å². The highest BCUT2D eigenvalue weighted by atomic mass is 32.2. The Morgan fingerprint density at radius 1 is 1.02 bits per heavy atom. The Labute approximate surface area is 258 Å². The molecule has 2 aliphatic heterocycles. The molecule has 2 amide bonds. The van der Waals surface area contributed by atoms with Crippen LogP contribution in [-0.2, 0) is 40.5 Å². The van der Waals surface area contributed by atoms with Gasteiger partial charge in [-0.15, -0.1) is 0 Å². The summed E-state index contributed by atoms with van der Waals surface area (Å²) < 4.78 is 70.2. The highest BCUT2D eigenvalue weighted by Crippen LogP contribution is 2.46. The third-order valence-corrected chi connectivity index (χ3v) is 9.79. The molecule has 0 aromatic heterocycles. The molecule has 2 aromatic carbocycles. The number of hydrogen-bond donors (Lipinski definition) is 2. The average Bonchev–Trinajstić information content (AvgIpc) is 3.48. The second-order valence-electron chi connectivity index (χ2n) is 10.3. The Morgan fingerprint density at radius 2 is 1.60 bits per heavy atom. The standard InChI is InChI=1S/C27H33N3O7S.C2HF3O2/c1-5-27(26(33)37-4)23-22(24(31)30(25(23)32)16-18-10-8-7-9-11-18)21(28-27)17-29(6-2)38(34,35)20-14-12-19(36-3)13-15-20;3-2(4,5)1(6)7/h7-15,21-23,28H,5-6,16-17H2,1-4H3;(H,6,7)/t21-,22+,23-,27-;/m1./s1. The quantitative estimate of drug-likeness (QED) is 0.287. The van der Waals surface area contributed by atoms with Crippen molar-refractivity contribution in [1.82, 2.24) is 14.5 Å². The lowest BCUT2D eigenvalue weighted by Gasteiger charge is -2.32. The number of halogens is 3. The summed E-state index contributed by atoms with van der Waals surface area (Å²) in [4.78, 5) is 50.7. The van der Waals surface area contributed by atoms with Crippen LogP contribution in [0.1, 0.15) is 25.8 Å². The van der Waals surface area contributed by atoms with E-state index in [2.05, 4.69) is 5.32 Å². The predicted molar refractivity (Wildman–Crippen MR) is 152 cm³/mol. The van der Waals surface area contributed by atoms with Gasteiger partial charge in [0.25, 0.3) is 0 Å². The van der Waals surface area contributed by atoms with Crippen LogP contribution in [0.5, 0.6) is 5.75 Å². The zero-order valence-electron chi connectivity index (χ0n) is 24.9. The van der Waals surface area contributed by atoms with Crippen molar-refractivity contribution in [3.05, 3.63) is 60.2 Å². The highest BCUT2D eigenvalue weighted by molar-refractivity contribution is 7.89. The first-order valence-corrected chi connectivity index (χ1v) is 15.2. The van der Waals surface area contributed by atoms with Gasteiger partial charge in [-0.3, -0.25) is 24.6 Å². The van der Waals surface area contributed by atoms with E-state index in [1.54, 1.807) is 26.0 Å². The number of esters is 1. The molecule has 0 aliphatic carbocycles. The summed E-state index contributed by atoms with van der Waals surface area (Å²) in [5, 5.41) is 10.3. The number of methoxy groups -OCH3 is 2. The van der Waals surface area contributed by atoms with Gasteiger partial charge in [-0.25, -0.2) is 13.2 Å². The number of carbonyl (C=O) groups is 4. The Bertz CT molecular complexity index is 1500. The molecule has 2 aliphatic rings. The second-order valence-corrected chi connectivity index (χ2v) is 12.2. The molecule has 4 atom stereocenters. The first-order chi connectivity index (χ1) is 21.1. The van der Waals surface area contributed by atoms with E-state index in [1.807, 2.05) is 30.3 Å². The van der Waals surface area contributed by atoms with Crippen LogP contribution in [0.15, 0.2) is 59.5 Å². The molecule has 4 rings (SSSR count). The maximum absolute atomic E-state index is 13.7. The summed E-state index contributed by atoms with van der Waals surface area (Å²) in [5.74, 6) is -5.72. The number of likely N-dealkylation sites (N-methyl/N-ethyl adjacent to an activating group) is 1. The van der Waals surface area contributed by atoms with Crippen molar-refractivity contribution in [2.75, 3.05) is 27.3 Å². The van der Waals surface area contributed by atoms with Gasteiger partial charge in [0.2, 0.25) is 21.8 Å². The fraction of sp³-hybridized carbons (Fsp3) is 0.448. The van der Waals surface area contributed by atoms with E-state index in [9.17, 15) is 36.0 Å². The number of sulfonamides is 1. The number of benzene rings is 2. The average molecular weight is 658 g/mol. The molecule has 0 unspecified atom stereocenters. The molecule has 0 bridgehead atoms. The number of carboxylic acid groups (broad SMARTS) is 1. The maximum Gasteiger partial charge on any atom is 0.490 e. The van der Waals surface area contributed by atoms with Gasteiger partial charge in [0.15, 0.2) is 0 Å². The number of carbonyl (C=O) groups excluding carboxylic acids is 3. The molecule has 0 spiro atoms. The van der Waals surface area contributed by atoms with Crippen LogP contribution >= 0.6 is 0 Å². The number of hydrogen-bond acceptors (Lipinski definition) is 9. The molecule has 2 fully saturated rings. The first-order valence-electron chi connectivity index (χ1n) is 13.8. The lowest BCUT2D eigenvalue weighted by molar-refractivity contribution is -0.192. The number of amides is 2. The molecule has 45 heavy (non-hydrogen) atoms. The third kappa shape index (κ3) is 7.12. The minimum Gasteiger partial charge on any atom is -0.497 e. The van der Waals surface area contributed by atoms with E-state index in [1.165, 1.54) is 35.6 Å². The number of likely N-dealkylation sites (tertiary alicyclic amines) is 1. The molecule has 0 radical (unpaired) electrons. The molecular weight excluding hydrogens is 623 g/mol. The zero-order chi connectivity index (χ0) is 33.7. The summed E-state index contributed by atoms with van der Waals surface area (Å²) in [6.07, 6.45) is -4.90. The zero-order valence-corrected chi connectivity index (χ0v) is 25.7. The topological polar surface area (TPSA) is 160 Å². The van der Waals surface area contributed by atoms with E-state index in [0.717, 1.165) is 5.56 Å². The van der Waals surface area contributed by atoms with Crippen molar-refractivity contribution in [1.29, 1.82) is 0 Å². The van der Waals surface area contributed by atoms with Gasteiger partial charge in [0.1, 0.15) is 11.3 Å². The van der Waals surface area contributed by atoms with Gasteiger partial charge >= 0.3 is 18.1 Å². The fourth-order valence-electron chi connectivity index (χ4n) is 5.61.